The predicted octanol–water partition coefficient (Wildman–Crippen LogP) is 0.497. The highest BCUT2D eigenvalue weighted by Crippen LogP contribution is 2.32. The van der Waals surface area contributed by atoms with Gasteiger partial charge in [-0.05, 0) is 24.1 Å². The van der Waals surface area contributed by atoms with Crippen LogP contribution in [0.1, 0.15) is 23.7 Å². The summed E-state index contributed by atoms with van der Waals surface area (Å²) in [6.07, 6.45) is 2.92. The second-order valence-electron chi connectivity index (χ2n) is 6.85. The van der Waals surface area contributed by atoms with Gasteiger partial charge in [-0.1, -0.05) is 11.3 Å². The minimum atomic E-state index is -0.522. The number of ether oxygens (including phenoxy) is 3. The molecule has 3 heterocycles. The van der Waals surface area contributed by atoms with Gasteiger partial charge in [0.2, 0.25) is 0 Å². The molecule has 0 radical (unpaired) electrons. The lowest BCUT2D eigenvalue weighted by atomic mass is 10.00. The number of carbonyl (C=O) groups is 1. The van der Waals surface area contributed by atoms with Crippen LogP contribution in [0.4, 0.5) is 0 Å². The molecule has 2 atom stereocenters. The highest BCUT2D eigenvalue weighted by Gasteiger charge is 2.36. The summed E-state index contributed by atoms with van der Waals surface area (Å²) in [7, 11) is 1.58. The molecule has 0 aliphatic carbocycles. The van der Waals surface area contributed by atoms with Crippen LogP contribution in [0.3, 0.4) is 0 Å². The van der Waals surface area contributed by atoms with Crippen LogP contribution in [-0.2, 0) is 22.7 Å². The molecule has 0 unspecified atom stereocenters. The second kappa shape index (κ2) is 7.53. The third-order valence-corrected chi connectivity index (χ3v) is 5.02. The smallest absolute Gasteiger partial charge is 0.255 e. The molecule has 0 spiro atoms. The minimum Gasteiger partial charge on any atom is -0.493 e. The summed E-state index contributed by atoms with van der Waals surface area (Å²) in [4.78, 5) is 13.3. The summed E-state index contributed by atoms with van der Waals surface area (Å²) >= 11 is 0. The Hall–Kier alpha value is -2.65. The molecule has 0 saturated carbocycles. The first-order chi connectivity index (χ1) is 13.1. The van der Waals surface area contributed by atoms with Crippen molar-refractivity contribution < 1.29 is 19.0 Å². The SMILES string of the molecule is COc1cc(CN2CC[C@@H]3OCc4cnnn4[C@H]3C2)ccc1OCC(N)=O. The third-order valence-electron chi connectivity index (χ3n) is 5.02. The molecule has 27 heavy (non-hydrogen) atoms. The number of hydrogen-bond donors (Lipinski definition) is 1. The molecular formula is C18H23N5O4. The molecule has 0 bridgehead atoms. The van der Waals surface area contributed by atoms with Gasteiger partial charge in [0.15, 0.2) is 18.1 Å². The molecule has 1 aromatic carbocycles. The number of piperidine rings is 1. The summed E-state index contributed by atoms with van der Waals surface area (Å²) in [6.45, 7) is 2.99. The van der Waals surface area contributed by atoms with Crippen molar-refractivity contribution in [3.05, 3.63) is 35.7 Å². The summed E-state index contributed by atoms with van der Waals surface area (Å²) < 4.78 is 18.7. The number of fused-ring (bicyclic) bond motifs is 3. The normalized spacial score (nSPS) is 22.0. The number of likely N-dealkylation sites (tertiary alicyclic amines) is 1. The lowest BCUT2D eigenvalue weighted by molar-refractivity contribution is -0.119. The number of carbonyl (C=O) groups excluding carboxylic acids is 1. The van der Waals surface area contributed by atoms with E-state index in [4.69, 9.17) is 19.9 Å². The minimum absolute atomic E-state index is 0.175. The number of nitrogens with two attached hydrogens (primary N) is 1. The van der Waals surface area contributed by atoms with Crippen molar-refractivity contribution in [1.29, 1.82) is 0 Å². The van der Waals surface area contributed by atoms with Crippen molar-refractivity contribution in [2.24, 2.45) is 5.73 Å². The molecule has 1 fully saturated rings. The van der Waals surface area contributed by atoms with E-state index in [0.717, 1.165) is 37.3 Å². The predicted molar refractivity (Wildman–Crippen MR) is 95.2 cm³/mol. The molecule has 2 N–H and O–H groups in total. The van der Waals surface area contributed by atoms with E-state index in [-0.39, 0.29) is 18.8 Å². The second-order valence-corrected chi connectivity index (χ2v) is 6.85. The van der Waals surface area contributed by atoms with Crippen LogP contribution < -0.4 is 15.2 Å². The van der Waals surface area contributed by atoms with Crippen molar-refractivity contribution in [2.45, 2.75) is 31.7 Å². The monoisotopic (exact) mass is 373 g/mol. The van der Waals surface area contributed by atoms with Gasteiger partial charge in [0.05, 0.1) is 37.8 Å². The quantitative estimate of drug-likeness (QED) is 0.786. The average Bonchev–Trinajstić information content (AvgIpc) is 3.16. The maximum atomic E-state index is 10.9. The Kier molecular flexibility index (Phi) is 4.95. The van der Waals surface area contributed by atoms with E-state index in [1.54, 1.807) is 13.3 Å². The first kappa shape index (κ1) is 17.7. The van der Waals surface area contributed by atoms with E-state index in [9.17, 15) is 4.79 Å². The number of methoxy groups -OCH3 is 1. The molecule has 2 aliphatic rings. The van der Waals surface area contributed by atoms with Gasteiger partial charge in [-0.15, -0.1) is 5.10 Å². The van der Waals surface area contributed by atoms with Gasteiger partial charge in [-0.25, -0.2) is 4.68 Å². The Morgan fingerprint density at radius 1 is 1.41 bits per heavy atom. The van der Waals surface area contributed by atoms with E-state index in [0.29, 0.717) is 18.1 Å². The number of amides is 1. The lowest BCUT2D eigenvalue weighted by Crippen LogP contribution is -2.47. The molecule has 1 amide bonds. The molecule has 9 heteroatoms. The van der Waals surface area contributed by atoms with Crippen molar-refractivity contribution in [3.63, 3.8) is 0 Å². The number of nitrogens with zero attached hydrogens (tertiary/aromatic N) is 4. The van der Waals surface area contributed by atoms with Crippen LogP contribution in [0.2, 0.25) is 0 Å². The van der Waals surface area contributed by atoms with Gasteiger partial charge in [0, 0.05) is 19.6 Å². The third kappa shape index (κ3) is 3.74. The van der Waals surface area contributed by atoms with Crippen LogP contribution in [0, 0.1) is 0 Å². The molecule has 1 aromatic heterocycles. The Labute approximate surface area is 157 Å². The molecule has 1 saturated heterocycles. The standard InChI is InChI=1S/C18H23N5O4/c1-25-17-6-12(2-3-16(17)27-11-18(19)24)8-22-5-4-15-14(9-22)23-13(10-26-15)7-20-21-23/h2-3,6-7,14-15H,4-5,8-11H2,1H3,(H2,19,24)/t14-,15-/m0/s1. The van der Waals surface area contributed by atoms with Crippen LogP contribution >= 0.6 is 0 Å². The van der Waals surface area contributed by atoms with Crippen molar-refractivity contribution in [1.82, 2.24) is 19.9 Å². The fourth-order valence-electron chi connectivity index (χ4n) is 3.72. The maximum absolute atomic E-state index is 10.9. The van der Waals surface area contributed by atoms with Crippen LogP contribution in [0.15, 0.2) is 24.4 Å². The van der Waals surface area contributed by atoms with Crippen LogP contribution in [0.5, 0.6) is 11.5 Å². The van der Waals surface area contributed by atoms with E-state index in [1.807, 2.05) is 22.9 Å². The molecule has 9 nitrogen and oxygen atoms in total. The molecule has 4 rings (SSSR count). The van der Waals surface area contributed by atoms with Crippen LogP contribution in [-0.4, -0.2) is 58.7 Å². The first-order valence-corrected chi connectivity index (χ1v) is 8.95. The van der Waals surface area contributed by atoms with Gasteiger partial charge in [-0.2, -0.15) is 0 Å². The highest BCUT2D eigenvalue weighted by molar-refractivity contribution is 5.75. The molecular weight excluding hydrogens is 350 g/mol. The largest absolute Gasteiger partial charge is 0.493 e. The molecule has 144 valence electrons. The Balaban J connectivity index is 1.44. The summed E-state index contributed by atoms with van der Waals surface area (Å²) in [5.41, 5.74) is 7.26. The van der Waals surface area contributed by atoms with Gasteiger partial charge < -0.3 is 19.9 Å². The van der Waals surface area contributed by atoms with E-state index in [2.05, 4.69) is 15.2 Å². The van der Waals surface area contributed by atoms with Gasteiger partial charge in [0.1, 0.15) is 0 Å². The van der Waals surface area contributed by atoms with Crippen molar-refractivity contribution >= 4 is 5.91 Å². The zero-order valence-electron chi connectivity index (χ0n) is 15.2. The Morgan fingerprint density at radius 3 is 3.11 bits per heavy atom. The number of primary amides is 1. The van der Waals surface area contributed by atoms with E-state index >= 15 is 0 Å². The van der Waals surface area contributed by atoms with E-state index < -0.39 is 5.91 Å². The van der Waals surface area contributed by atoms with Gasteiger partial charge in [-0.3, -0.25) is 9.69 Å². The fraction of sp³-hybridized carbons (Fsp3) is 0.500. The number of benzene rings is 1. The number of rotatable bonds is 6. The Bertz CT molecular complexity index is 824. The fourth-order valence-corrected chi connectivity index (χ4v) is 3.72. The summed E-state index contributed by atoms with van der Waals surface area (Å²) in [5.74, 6) is 0.570. The number of hydrogen-bond acceptors (Lipinski definition) is 7. The van der Waals surface area contributed by atoms with Crippen LogP contribution in [0.25, 0.3) is 0 Å². The first-order valence-electron chi connectivity index (χ1n) is 8.95. The zero-order valence-corrected chi connectivity index (χ0v) is 15.2. The maximum Gasteiger partial charge on any atom is 0.255 e. The van der Waals surface area contributed by atoms with Crippen molar-refractivity contribution in [3.8, 4) is 11.5 Å². The van der Waals surface area contributed by atoms with Crippen molar-refractivity contribution in [2.75, 3.05) is 26.8 Å². The van der Waals surface area contributed by atoms with E-state index in [1.165, 1.54) is 0 Å². The summed E-state index contributed by atoms with van der Waals surface area (Å²) in [6, 6.07) is 5.90. The number of aromatic nitrogens is 3. The molecule has 2 aliphatic heterocycles. The van der Waals surface area contributed by atoms with Gasteiger partial charge in [0.25, 0.3) is 5.91 Å². The lowest BCUT2D eigenvalue weighted by Gasteiger charge is -2.41. The average molecular weight is 373 g/mol. The van der Waals surface area contributed by atoms with Gasteiger partial charge >= 0.3 is 0 Å². The topological polar surface area (TPSA) is 105 Å². The Morgan fingerprint density at radius 2 is 2.30 bits per heavy atom. The molecule has 2 aromatic rings. The zero-order chi connectivity index (χ0) is 18.8. The highest BCUT2D eigenvalue weighted by atomic mass is 16.5. The summed E-state index contributed by atoms with van der Waals surface area (Å²) in [5, 5.41) is 8.26.